The van der Waals surface area contributed by atoms with Crippen molar-refractivity contribution in [3.63, 3.8) is 0 Å². The summed E-state index contributed by atoms with van der Waals surface area (Å²) >= 11 is 0. The van der Waals surface area contributed by atoms with Crippen LogP contribution in [0.5, 0.6) is 5.75 Å². The molecule has 174 valence electrons. The largest absolute Gasteiger partial charge is 0.494 e. The second-order valence-corrected chi connectivity index (χ2v) is 8.67. The van der Waals surface area contributed by atoms with E-state index < -0.39 is 17.6 Å². The molecule has 6 nitrogen and oxygen atoms in total. The zero-order valence-electron chi connectivity index (χ0n) is 19.4. The fourth-order valence-corrected chi connectivity index (χ4v) is 4.46. The first-order valence-electron chi connectivity index (χ1n) is 11.4. The van der Waals surface area contributed by atoms with Crippen molar-refractivity contribution >= 4 is 23.1 Å². The standard InChI is InChI=1S/C26H30FN3O3/c1-4-16-33-22-10-8-18(9-11-22)23-24(29(3)20-12-14-28(2)15-13-20)26(32)30(25(23)31)21-7-5-6-19(27)17-21/h5-11,17,20H,4,12-16H2,1-3H3. The van der Waals surface area contributed by atoms with Crippen LogP contribution in [0.25, 0.3) is 5.57 Å². The number of amides is 2. The molecule has 0 unspecified atom stereocenters. The molecule has 2 amide bonds. The Labute approximate surface area is 194 Å². The molecule has 33 heavy (non-hydrogen) atoms. The molecule has 2 aliphatic heterocycles. The normalized spacial score (nSPS) is 17.8. The lowest BCUT2D eigenvalue weighted by Crippen LogP contribution is -2.43. The summed E-state index contributed by atoms with van der Waals surface area (Å²) in [6.45, 7) is 4.50. The molecule has 0 bridgehead atoms. The maximum atomic E-state index is 13.9. The average molecular weight is 452 g/mol. The molecule has 2 aromatic rings. The van der Waals surface area contributed by atoms with Crippen molar-refractivity contribution in [1.82, 2.24) is 9.80 Å². The quantitative estimate of drug-likeness (QED) is 0.597. The van der Waals surface area contributed by atoms with Crippen molar-refractivity contribution in [2.45, 2.75) is 32.2 Å². The highest BCUT2D eigenvalue weighted by Crippen LogP contribution is 2.36. The van der Waals surface area contributed by atoms with Gasteiger partial charge in [-0.3, -0.25) is 9.59 Å². The third kappa shape index (κ3) is 4.64. The molecule has 1 saturated heterocycles. The zero-order valence-corrected chi connectivity index (χ0v) is 19.4. The summed E-state index contributed by atoms with van der Waals surface area (Å²) in [5.41, 5.74) is 1.58. The lowest BCUT2D eigenvalue weighted by molar-refractivity contribution is -0.120. The van der Waals surface area contributed by atoms with Crippen molar-refractivity contribution in [3.05, 3.63) is 65.6 Å². The van der Waals surface area contributed by atoms with Gasteiger partial charge in [0, 0.05) is 13.1 Å². The van der Waals surface area contributed by atoms with Crippen LogP contribution in [-0.4, -0.2) is 61.4 Å². The molecule has 2 aliphatic rings. The van der Waals surface area contributed by atoms with Gasteiger partial charge in [-0.05, 0) is 75.3 Å². The summed E-state index contributed by atoms with van der Waals surface area (Å²) in [6, 6.07) is 13.0. The van der Waals surface area contributed by atoms with Crippen molar-refractivity contribution in [2.75, 3.05) is 38.7 Å². The number of likely N-dealkylation sites (N-methyl/N-ethyl adjacent to an activating group) is 1. The average Bonchev–Trinajstić information content (AvgIpc) is 3.08. The highest BCUT2D eigenvalue weighted by molar-refractivity contribution is 6.45. The summed E-state index contributed by atoms with van der Waals surface area (Å²) in [6.07, 6.45) is 2.69. The number of anilines is 1. The van der Waals surface area contributed by atoms with Crippen LogP contribution in [0.4, 0.5) is 10.1 Å². The summed E-state index contributed by atoms with van der Waals surface area (Å²) in [7, 11) is 3.96. The van der Waals surface area contributed by atoms with Gasteiger partial charge in [0.15, 0.2) is 0 Å². The van der Waals surface area contributed by atoms with Gasteiger partial charge in [0.1, 0.15) is 17.3 Å². The Morgan fingerprint density at radius 3 is 2.39 bits per heavy atom. The molecular formula is C26H30FN3O3. The Hall–Kier alpha value is -3.19. The van der Waals surface area contributed by atoms with Gasteiger partial charge in [-0.15, -0.1) is 0 Å². The number of halogens is 1. The lowest BCUT2D eigenvalue weighted by Gasteiger charge is -2.36. The molecule has 0 radical (unpaired) electrons. The molecule has 0 saturated carbocycles. The number of ether oxygens (including phenoxy) is 1. The van der Waals surface area contributed by atoms with Crippen molar-refractivity contribution in [2.24, 2.45) is 0 Å². The highest BCUT2D eigenvalue weighted by atomic mass is 19.1. The second-order valence-electron chi connectivity index (χ2n) is 8.67. The number of rotatable bonds is 7. The van der Waals surface area contributed by atoms with E-state index in [1.165, 1.54) is 18.2 Å². The van der Waals surface area contributed by atoms with Crippen LogP contribution in [-0.2, 0) is 9.59 Å². The highest BCUT2D eigenvalue weighted by Gasteiger charge is 2.43. The molecule has 4 rings (SSSR count). The molecule has 1 fully saturated rings. The summed E-state index contributed by atoms with van der Waals surface area (Å²) in [4.78, 5) is 32.5. The number of benzene rings is 2. The van der Waals surface area contributed by atoms with Gasteiger partial charge in [0.2, 0.25) is 0 Å². The number of imide groups is 1. The zero-order chi connectivity index (χ0) is 23.5. The van der Waals surface area contributed by atoms with Crippen LogP contribution in [0.3, 0.4) is 0 Å². The minimum Gasteiger partial charge on any atom is -0.494 e. The summed E-state index contributed by atoms with van der Waals surface area (Å²) < 4.78 is 19.6. The predicted octanol–water partition coefficient (Wildman–Crippen LogP) is 3.93. The van der Waals surface area contributed by atoms with E-state index in [4.69, 9.17) is 4.74 Å². The summed E-state index contributed by atoms with van der Waals surface area (Å²) in [5.74, 6) is -0.648. The smallest absolute Gasteiger partial charge is 0.282 e. The molecule has 0 atom stereocenters. The van der Waals surface area contributed by atoms with Crippen molar-refractivity contribution in [1.29, 1.82) is 0 Å². The van der Waals surface area contributed by atoms with Crippen LogP contribution >= 0.6 is 0 Å². The number of likely N-dealkylation sites (tertiary alicyclic amines) is 1. The van der Waals surface area contributed by atoms with E-state index in [0.717, 1.165) is 37.3 Å². The molecule has 0 aliphatic carbocycles. The number of carbonyl (C=O) groups excluding carboxylic acids is 2. The van der Waals surface area contributed by atoms with E-state index in [-0.39, 0.29) is 11.7 Å². The Bertz CT molecular complexity index is 1060. The number of piperidine rings is 1. The molecule has 0 aromatic heterocycles. The fraction of sp³-hybridized carbons (Fsp3) is 0.385. The Morgan fingerprint density at radius 1 is 1.06 bits per heavy atom. The second kappa shape index (κ2) is 9.75. The van der Waals surface area contributed by atoms with E-state index in [9.17, 15) is 14.0 Å². The van der Waals surface area contributed by atoms with Gasteiger partial charge in [-0.1, -0.05) is 25.1 Å². The minimum atomic E-state index is -0.496. The van der Waals surface area contributed by atoms with E-state index in [1.54, 1.807) is 6.07 Å². The third-order valence-corrected chi connectivity index (χ3v) is 6.33. The van der Waals surface area contributed by atoms with Crippen LogP contribution in [0.1, 0.15) is 31.7 Å². The van der Waals surface area contributed by atoms with Crippen LogP contribution < -0.4 is 9.64 Å². The Balaban J connectivity index is 1.74. The van der Waals surface area contributed by atoms with E-state index in [1.807, 2.05) is 43.1 Å². The van der Waals surface area contributed by atoms with Gasteiger partial charge in [0.05, 0.1) is 17.9 Å². The third-order valence-electron chi connectivity index (χ3n) is 6.33. The first-order chi connectivity index (χ1) is 15.9. The maximum Gasteiger partial charge on any atom is 0.282 e. The molecule has 0 N–H and O–H groups in total. The number of hydrogen-bond donors (Lipinski definition) is 0. The predicted molar refractivity (Wildman–Crippen MR) is 126 cm³/mol. The van der Waals surface area contributed by atoms with Crippen molar-refractivity contribution in [3.8, 4) is 5.75 Å². The fourth-order valence-electron chi connectivity index (χ4n) is 4.46. The van der Waals surface area contributed by atoms with Crippen molar-refractivity contribution < 1.29 is 18.7 Å². The SMILES string of the molecule is CCCOc1ccc(C2=C(N(C)C3CCN(C)CC3)C(=O)N(c3cccc(F)c3)C2=O)cc1. The van der Waals surface area contributed by atoms with Crippen LogP contribution in [0.2, 0.25) is 0 Å². The maximum absolute atomic E-state index is 13.9. The Morgan fingerprint density at radius 2 is 1.76 bits per heavy atom. The lowest BCUT2D eigenvalue weighted by atomic mass is 10.00. The molecule has 7 heteroatoms. The van der Waals surface area contributed by atoms with Gasteiger partial charge in [-0.2, -0.15) is 0 Å². The van der Waals surface area contributed by atoms with E-state index in [0.29, 0.717) is 29.2 Å². The first-order valence-corrected chi connectivity index (χ1v) is 11.4. The van der Waals surface area contributed by atoms with Crippen LogP contribution in [0.15, 0.2) is 54.2 Å². The minimum absolute atomic E-state index is 0.141. The Kier molecular flexibility index (Phi) is 6.79. The molecule has 0 spiro atoms. The van der Waals surface area contributed by atoms with E-state index >= 15 is 0 Å². The monoisotopic (exact) mass is 451 g/mol. The molecular weight excluding hydrogens is 421 g/mol. The molecule has 2 heterocycles. The number of carbonyl (C=O) groups is 2. The molecule has 2 aromatic carbocycles. The summed E-state index contributed by atoms with van der Waals surface area (Å²) in [5, 5.41) is 0. The van der Waals surface area contributed by atoms with Gasteiger partial charge < -0.3 is 14.5 Å². The topological polar surface area (TPSA) is 53.1 Å². The van der Waals surface area contributed by atoms with Crippen LogP contribution in [0, 0.1) is 5.82 Å². The van der Waals surface area contributed by atoms with Gasteiger partial charge in [-0.25, -0.2) is 9.29 Å². The van der Waals surface area contributed by atoms with Gasteiger partial charge >= 0.3 is 0 Å². The first kappa shape index (κ1) is 23.0. The number of hydrogen-bond acceptors (Lipinski definition) is 5. The van der Waals surface area contributed by atoms with E-state index in [2.05, 4.69) is 11.9 Å². The van der Waals surface area contributed by atoms with Gasteiger partial charge in [0.25, 0.3) is 11.8 Å². The number of nitrogens with zero attached hydrogens (tertiary/aromatic N) is 3.